The predicted molar refractivity (Wildman–Crippen MR) is 273 cm³/mol. The highest BCUT2D eigenvalue weighted by molar-refractivity contribution is 7.15. The first-order chi connectivity index (χ1) is 34.5. The molecule has 3 aliphatic heterocycles. The molecule has 6 heterocycles. The number of amides is 1. The van der Waals surface area contributed by atoms with Crippen LogP contribution in [0.4, 0.5) is 5.82 Å². The number of esters is 3. The number of hydrogen-bond donors (Lipinski definition) is 2. The minimum absolute atomic E-state index is 0.0690. The molecule has 73 heavy (non-hydrogen) atoms. The van der Waals surface area contributed by atoms with Crippen LogP contribution in [-0.4, -0.2) is 143 Å². The van der Waals surface area contributed by atoms with Crippen LogP contribution < -0.4 is 5.73 Å². The van der Waals surface area contributed by atoms with Crippen molar-refractivity contribution in [2.75, 3.05) is 33.0 Å². The molecule has 3 aliphatic rings. The molecule has 3 fully saturated rings. The predicted octanol–water partition coefficient (Wildman–Crippen LogP) is 6.38. The third kappa shape index (κ3) is 14.3. The number of carbonyl (C=O) groups is 4. The number of ether oxygens (including phenoxy) is 7. The number of fused-ring (bicyclic) bond motifs is 5. The summed E-state index contributed by atoms with van der Waals surface area (Å²) < 4.78 is 46.4. The Bertz CT molecular complexity index is 2430. The summed E-state index contributed by atoms with van der Waals surface area (Å²) >= 11 is 1.47. The molecule has 3 aromatic rings. The van der Waals surface area contributed by atoms with Crippen molar-refractivity contribution in [1.29, 1.82) is 0 Å². The van der Waals surface area contributed by atoms with E-state index in [9.17, 15) is 24.3 Å². The van der Waals surface area contributed by atoms with Crippen molar-refractivity contribution in [2.24, 2.45) is 33.8 Å². The van der Waals surface area contributed by atoms with Gasteiger partial charge in [-0.2, -0.15) is 0 Å². The van der Waals surface area contributed by atoms with Crippen LogP contribution in [0.2, 0.25) is 0 Å². The van der Waals surface area contributed by atoms with Gasteiger partial charge >= 0.3 is 17.9 Å². The smallest absolute Gasteiger partial charge is 0.312 e. The zero-order valence-electron chi connectivity index (χ0n) is 44.1. The van der Waals surface area contributed by atoms with E-state index in [2.05, 4.69) is 20.1 Å². The molecular weight excluding hydrogens is 961 g/mol. The fourth-order valence-electron chi connectivity index (χ4n) is 10.5. The van der Waals surface area contributed by atoms with Gasteiger partial charge in [-0.1, -0.05) is 45.0 Å². The number of aliphatic imine (C=N–C) groups is 1. The fraction of sp³-hybridized carbons (Fsp3) is 0.623. The van der Waals surface area contributed by atoms with Crippen molar-refractivity contribution in [2.45, 2.75) is 162 Å². The molecule has 3 aromatic heterocycles. The fourth-order valence-corrected chi connectivity index (χ4v) is 11.4. The second kappa shape index (κ2) is 24.9. The summed E-state index contributed by atoms with van der Waals surface area (Å²) in [5.41, 5.74) is 4.40. The maximum Gasteiger partial charge on any atom is 0.312 e. The van der Waals surface area contributed by atoms with Crippen molar-refractivity contribution in [3.63, 3.8) is 0 Å². The van der Waals surface area contributed by atoms with Gasteiger partial charge in [0.05, 0.1) is 71.8 Å². The van der Waals surface area contributed by atoms with E-state index in [1.54, 1.807) is 51.2 Å². The van der Waals surface area contributed by atoms with Gasteiger partial charge in [0.25, 0.3) is 0 Å². The van der Waals surface area contributed by atoms with Crippen molar-refractivity contribution in [3.8, 4) is 10.6 Å². The highest BCUT2D eigenvalue weighted by Gasteiger charge is 2.54. The van der Waals surface area contributed by atoms with Crippen molar-refractivity contribution < 1.29 is 62.3 Å². The molecule has 6 rings (SSSR count). The Morgan fingerprint density at radius 2 is 1.73 bits per heavy atom. The molecule has 0 aromatic carbocycles. The Morgan fingerprint density at radius 1 is 0.973 bits per heavy atom. The largest absolute Gasteiger partial charge is 0.461 e. The van der Waals surface area contributed by atoms with Gasteiger partial charge in [0, 0.05) is 42.5 Å². The SMILES string of the molecule is CC[C@H]1OC(=O)[C@H](C)[C@@H](OC(=O)Cc2ccccn2)[C@H](C)[C@@H](O[C@@H]2O[C@H](C)C[C@H](N(C)C)[C@H]2OC(C)=O)[C@@]2(C)C[C@@H](C)C(=NC(C)=O)[C@H](C)[C@@H](OCC(=NOCc3ccc(-c4cccc(N)n4)s3)CO2)[C@]1(C)O. The van der Waals surface area contributed by atoms with Crippen LogP contribution in [0.25, 0.3) is 10.6 Å². The molecule has 14 atom stereocenters. The zero-order chi connectivity index (χ0) is 53.4. The van der Waals surface area contributed by atoms with Crippen molar-refractivity contribution in [1.82, 2.24) is 14.9 Å². The lowest BCUT2D eigenvalue weighted by atomic mass is 9.73. The molecule has 0 spiro atoms. The molecule has 20 heteroatoms. The Hall–Kier alpha value is -5.22. The van der Waals surface area contributed by atoms with E-state index in [0.717, 1.165) is 15.4 Å². The van der Waals surface area contributed by atoms with Crippen molar-refractivity contribution in [3.05, 3.63) is 65.3 Å². The quantitative estimate of drug-likeness (QED) is 0.114. The number of oxime groups is 1. The topological polar surface area (TPSA) is 242 Å². The second-order valence-corrected chi connectivity index (χ2v) is 21.5. The molecule has 0 aliphatic carbocycles. The standard InChI is InChI=1S/C53H74N6O13S/c1-13-42-53(10,64)49-31(4)45(56-34(7)60)29(2)25-52(9,66-27-37(26-65-49)58-67-28-38-20-21-41(73-38)39-18-16-19-43(54)57-39)48(72-51-47(69-35(8)61)40(59(11)12)23-30(3)68-51)32(5)46(33(6)50(63)70-42)71-44(62)24-36-17-14-15-22-55-36/h14-22,29-33,40,42,46-49,51,64H,13,23-28H2,1-12H3,(H2,54,57)/t29-,30-,31+,32+,33-,40+,42-,46+,47-,48-,49-,51+,52-,53-/m1/s1. The van der Waals surface area contributed by atoms with Gasteiger partial charge in [0.15, 0.2) is 19.0 Å². The lowest BCUT2D eigenvalue weighted by Gasteiger charge is -2.49. The maximum atomic E-state index is 14.8. The first-order valence-corrected chi connectivity index (χ1v) is 25.8. The number of pyridine rings is 2. The minimum atomic E-state index is -1.91. The number of anilines is 1. The molecular formula is C53H74N6O13S. The number of hydrogen-bond acceptors (Lipinski definition) is 19. The highest BCUT2D eigenvalue weighted by atomic mass is 32.1. The number of nitrogens with two attached hydrogens (primary N) is 1. The number of aliphatic hydroxyl groups is 1. The molecule has 0 saturated carbocycles. The van der Waals surface area contributed by atoms with Crippen LogP contribution in [0.15, 0.2) is 64.9 Å². The number of thiophene rings is 1. The van der Waals surface area contributed by atoms with Gasteiger partial charge in [-0.25, -0.2) is 9.98 Å². The number of likely N-dealkylation sites (N-methyl/N-ethyl adjacent to an activating group) is 1. The summed E-state index contributed by atoms with van der Waals surface area (Å²) in [6.45, 7) is 16.4. The van der Waals surface area contributed by atoms with E-state index < -0.39 is 95.5 Å². The van der Waals surface area contributed by atoms with Crippen LogP contribution in [0, 0.1) is 23.7 Å². The molecule has 3 N–H and O–H groups in total. The van der Waals surface area contributed by atoms with Gasteiger partial charge in [0.1, 0.15) is 29.3 Å². The van der Waals surface area contributed by atoms with Crippen LogP contribution in [0.3, 0.4) is 0 Å². The summed E-state index contributed by atoms with van der Waals surface area (Å²) in [7, 11) is 3.76. The number of nitrogen functional groups attached to an aromatic ring is 1. The maximum absolute atomic E-state index is 14.8. The normalized spacial score (nSPS) is 33.8. The molecule has 19 nitrogen and oxygen atoms in total. The second-order valence-electron chi connectivity index (χ2n) is 20.3. The van der Waals surface area contributed by atoms with Crippen LogP contribution in [-0.2, 0) is 70.2 Å². The number of nitrogens with zero attached hydrogens (tertiary/aromatic N) is 5. The number of rotatable bonds is 12. The van der Waals surface area contributed by atoms with E-state index >= 15 is 0 Å². The summed E-state index contributed by atoms with van der Waals surface area (Å²) in [5.74, 6) is -5.55. The van der Waals surface area contributed by atoms with Crippen LogP contribution in [0.5, 0.6) is 0 Å². The van der Waals surface area contributed by atoms with Crippen LogP contribution in [0.1, 0.15) is 99.1 Å². The Kier molecular flexibility index (Phi) is 19.4. The Balaban J connectivity index is 1.53. The third-order valence-corrected chi connectivity index (χ3v) is 15.1. The third-order valence-electron chi connectivity index (χ3n) is 14.0. The van der Waals surface area contributed by atoms with Gasteiger partial charge in [-0.05, 0) is 103 Å². The number of cyclic esters (lactones) is 1. The molecule has 0 unspecified atom stereocenters. The average Bonchev–Trinajstić information content (AvgIpc) is 3.80. The number of carbonyl (C=O) groups excluding carboxylic acids is 4. The first-order valence-electron chi connectivity index (χ1n) is 25.0. The van der Waals surface area contributed by atoms with Gasteiger partial charge in [-0.15, -0.1) is 11.3 Å². The summed E-state index contributed by atoms with van der Waals surface area (Å²) in [5, 5.41) is 17.4. The number of aromatic nitrogens is 2. The Labute approximate surface area is 432 Å². The lowest BCUT2D eigenvalue weighted by Crippen LogP contribution is -2.61. The van der Waals surface area contributed by atoms with Crippen LogP contribution >= 0.6 is 11.3 Å². The molecule has 0 radical (unpaired) electrons. The van der Waals surface area contributed by atoms with Gasteiger partial charge < -0.3 is 53.7 Å². The Morgan fingerprint density at radius 3 is 2.38 bits per heavy atom. The average molecular weight is 1040 g/mol. The monoisotopic (exact) mass is 1030 g/mol. The molecule has 1 amide bonds. The van der Waals surface area contributed by atoms with E-state index in [4.69, 9.17) is 43.7 Å². The first kappa shape index (κ1) is 57.1. The summed E-state index contributed by atoms with van der Waals surface area (Å²) in [6.07, 6.45) is -5.23. The van der Waals surface area contributed by atoms with E-state index in [1.807, 2.05) is 71.0 Å². The van der Waals surface area contributed by atoms with E-state index in [0.29, 0.717) is 23.6 Å². The molecule has 3 saturated heterocycles. The summed E-state index contributed by atoms with van der Waals surface area (Å²) in [4.78, 5) is 78.0. The highest BCUT2D eigenvalue weighted by Crippen LogP contribution is 2.42. The summed E-state index contributed by atoms with van der Waals surface area (Å²) in [6, 6.07) is 14.1. The molecule has 2 bridgehead atoms. The van der Waals surface area contributed by atoms with E-state index in [1.165, 1.54) is 32.1 Å². The molecule has 400 valence electrons. The zero-order valence-corrected chi connectivity index (χ0v) is 45.0. The van der Waals surface area contributed by atoms with E-state index in [-0.39, 0.29) is 56.9 Å². The van der Waals surface area contributed by atoms with Crippen molar-refractivity contribution >= 4 is 52.4 Å². The van der Waals surface area contributed by atoms with Gasteiger partial charge in [0.2, 0.25) is 5.91 Å². The minimum Gasteiger partial charge on any atom is -0.461 e. The lowest BCUT2D eigenvalue weighted by molar-refractivity contribution is -0.304. The van der Waals surface area contributed by atoms with Gasteiger partial charge in [-0.3, -0.25) is 24.2 Å².